The Kier molecular flexibility index (Phi) is 3.50. The summed E-state index contributed by atoms with van der Waals surface area (Å²) in [5.41, 5.74) is 6.03. The van der Waals surface area contributed by atoms with Crippen LogP contribution in [0.3, 0.4) is 0 Å². The van der Waals surface area contributed by atoms with Crippen LogP contribution in [-0.2, 0) is 4.79 Å². The van der Waals surface area contributed by atoms with Crippen molar-refractivity contribution in [3.05, 3.63) is 23.8 Å². The van der Waals surface area contributed by atoms with Gasteiger partial charge in [-0.3, -0.25) is 4.79 Å². The molecule has 0 fully saturated rings. The van der Waals surface area contributed by atoms with Gasteiger partial charge in [0.25, 0.3) is 0 Å². The van der Waals surface area contributed by atoms with Gasteiger partial charge in [0.2, 0.25) is 0 Å². The topological polar surface area (TPSA) is 55.1 Å². The van der Waals surface area contributed by atoms with Crippen molar-refractivity contribution in [2.24, 2.45) is 0 Å². The van der Waals surface area contributed by atoms with Gasteiger partial charge in [-0.15, -0.1) is 0 Å². The number of rotatable bonds is 2. The number of alkyl halides is 5. The van der Waals surface area contributed by atoms with Gasteiger partial charge in [0.05, 0.1) is 0 Å². The Hall–Kier alpha value is -1.86. The summed E-state index contributed by atoms with van der Waals surface area (Å²) in [5, 5.41) is 1.49. The number of nitrogen functional groups attached to an aromatic ring is 1. The molecule has 1 aromatic rings. The lowest BCUT2D eigenvalue weighted by molar-refractivity contribution is -0.267. The van der Waals surface area contributed by atoms with Crippen LogP contribution >= 0.6 is 0 Å². The molecule has 18 heavy (non-hydrogen) atoms. The first kappa shape index (κ1) is 14.2. The average molecular weight is 268 g/mol. The predicted molar refractivity (Wildman–Crippen MR) is 55.2 cm³/mol. The molecule has 0 radical (unpaired) electrons. The number of nitrogens with one attached hydrogen (secondary N) is 1. The largest absolute Gasteiger partial charge is 0.463 e. The molecule has 100 valence electrons. The lowest BCUT2D eigenvalue weighted by Gasteiger charge is -2.18. The van der Waals surface area contributed by atoms with Crippen molar-refractivity contribution in [2.75, 3.05) is 11.1 Å². The Balaban J connectivity index is 2.91. The highest BCUT2D eigenvalue weighted by Gasteiger charge is 2.63. The van der Waals surface area contributed by atoms with Crippen molar-refractivity contribution in [3.63, 3.8) is 0 Å². The highest BCUT2D eigenvalue weighted by atomic mass is 19.4. The van der Waals surface area contributed by atoms with E-state index in [1.807, 2.05) is 0 Å². The minimum atomic E-state index is -5.93. The monoisotopic (exact) mass is 268 g/mol. The maximum atomic E-state index is 12.6. The number of hydrogen-bond donors (Lipinski definition) is 2. The minimum Gasteiger partial charge on any atom is -0.399 e. The van der Waals surface area contributed by atoms with E-state index in [2.05, 4.69) is 0 Å². The lowest BCUT2D eigenvalue weighted by atomic mass is 10.2. The normalized spacial score (nSPS) is 12.3. The van der Waals surface area contributed by atoms with Crippen LogP contribution in [-0.4, -0.2) is 18.0 Å². The van der Waals surface area contributed by atoms with Gasteiger partial charge in [-0.1, -0.05) is 0 Å². The molecule has 3 N–H and O–H groups in total. The van der Waals surface area contributed by atoms with E-state index in [1.165, 1.54) is 24.4 Å². The minimum absolute atomic E-state index is 0.185. The Labute approximate surface area is 98.8 Å². The number of anilines is 2. The van der Waals surface area contributed by atoms with Gasteiger partial charge in [0.15, 0.2) is 0 Å². The molecule has 0 heterocycles. The molecule has 0 spiro atoms. The van der Waals surface area contributed by atoms with Crippen LogP contribution in [0.5, 0.6) is 0 Å². The zero-order chi connectivity index (χ0) is 14.1. The zero-order valence-electron chi connectivity index (χ0n) is 9.11. The van der Waals surface area contributed by atoms with E-state index < -0.39 is 18.0 Å². The van der Waals surface area contributed by atoms with Crippen molar-refractivity contribution in [2.45, 2.75) is 19.0 Å². The number of benzene rings is 1. The van der Waals surface area contributed by atoms with E-state index in [-0.39, 0.29) is 5.69 Å². The average Bonchev–Trinajstić information content (AvgIpc) is 2.21. The number of amides is 1. The molecule has 0 atom stereocenters. The van der Waals surface area contributed by atoms with Gasteiger partial charge >= 0.3 is 18.0 Å². The highest BCUT2D eigenvalue weighted by Crippen LogP contribution is 2.36. The number of carbonyl (C=O) groups is 1. The molecule has 1 aromatic carbocycles. The van der Waals surface area contributed by atoms with Crippen LogP contribution in [0.2, 0.25) is 0 Å². The summed E-state index contributed by atoms with van der Waals surface area (Å²) in [6.07, 6.45) is -5.93. The summed E-state index contributed by atoms with van der Waals surface area (Å²) in [6.45, 7) is 1.52. The van der Waals surface area contributed by atoms with E-state index in [4.69, 9.17) is 5.73 Å². The fraction of sp³-hybridized carbons (Fsp3) is 0.300. The molecule has 8 heteroatoms. The third-order valence-corrected chi connectivity index (χ3v) is 2.17. The molecule has 0 aliphatic heterocycles. The molecule has 1 amide bonds. The van der Waals surface area contributed by atoms with Crippen molar-refractivity contribution >= 4 is 17.3 Å². The van der Waals surface area contributed by atoms with Crippen LogP contribution in [0.15, 0.2) is 18.2 Å². The van der Waals surface area contributed by atoms with Crippen LogP contribution in [0, 0.1) is 6.92 Å². The second-order valence-electron chi connectivity index (χ2n) is 3.60. The maximum absolute atomic E-state index is 12.6. The second-order valence-corrected chi connectivity index (χ2v) is 3.60. The molecule has 0 saturated heterocycles. The number of aryl methyl sites for hydroxylation is 1. The van der Waals surface area contributed by atoms with E-state index in [0.29, 0.717) is 11.3 Å². The molecule has 0 aromatic heterocycles. The summed E-state index contributed by atoms with van der Waals surface area (Å²) in [7, 11) is 0. The Bertz CT molecular complexity index is 470. The van der Waals surface area contributed by atoms with Gasteiger partial charge in [-0.05, 0) is 30.7 Å². The van der Waals surface area contributed by atoms with Gasteiger partial charge in [0.1, 0.15) is 0 Å². The van der Waals surface area contributed by atoms with Gasteiger partial charge in [-0.2, -0.15) is 22.0 Å². The Morgan fingerprint density at radius 1 is 1.22 bits per heavy atom. The van der Waals surface area contributed by atoms with Crippen LogP contribution in [0.1, 0.15) is 5.56 Å². The number of hydrogen-bond acceptors (Lipinski definition) is 2. The third kappa shape index (κ3) is 2.69. The van der Waals surface area contributed by atoms with Crippen LogP contribution < -0.4 is 11.1 Å². The highest BCUT2D eigenvalue weighted by molar-refractivity contribution is 5.96. The Morgan fingerprint density at radius 3 is 2.22 bits per heavy atom. The number of nitrogens with two attached hydrogens (primary N) is 1. The maximum Gasteiger partial charge on any atom is 0.463 e. The molecule has 0 saturated carbocycles. The fourth-order valence-electron chi connectivity index (χ4n) is 1.09. The first-order valence-corrected chi connectivity index (χ1v) is 4.68. The zero-order valence-corrected chi connectivity index (χ0v) is 9.11. The number of carbonyl (C=O) groups excluding carboxylic acids is 1. The molecule has 0 bridgehead atoms. The first-order chi connectivity index (χ1) is 8.05. The van der Waals surface area contributed by atoms with Gasteiger partial charge in [0, 0.05) is 11.4 Å². The summed E-state index contributed by atoms with van der Waals surface area (Å²) < 4.78 is 61.0. The van der Waals surface area contributed by atoms with Crippen LogP contribution in [0.4, 0.5) is 33.3 Å². The predicted octanol–water partition coefficient (Wildman–Crippen LogP) is 2.71. The summed E-state index contributed by atoms with van der Waals surface area (Å²) >= 11 is 0. The van der Waals surface area contributed by atoms with Gasteiger partial charge < -0.3 is 11.1 Å². The van der Waals surface area contributed by atoms with Crippen molar-refractivity contribution in [3.8, 4) is 0 Å². The smallest absolute Gasteiger partial charge is 0.399 e. The van der Waals surface area contributed by atoms with E-state index >= 15 is 0 Å². The second kappa shape index (κ2) is 4.43. The first-order valence-electron chi connectivity index (χ1n) is 4.68. The van der Waals surface area contributed by atoms with Crippen molar-refractivity contribution in [1.82, 2.24) is 0 Å². The molecule has 3 nitrogen and oxygen atoms in total. The van der Waals surface area contributed by atoms with E-state index in [1.54, 1.807) is 0 Å². The molecular weight excluding hydrogens is 259 g/mol. The lowest BCUT2D eigenvalue weighted by Crippen LogP contribution is -2.47. The standard InChI is InChI=1S/C10H9F5N2O/c1-5-4-6(2-3-7(5)16)17-8(18)9(11,12)10(13,14)15/h2-4H,16H2,1H3,(H,17,18). The third-order valence-electron chi connectivity index (χ3n) is 2.17. The number of halogens is 5. The van der Waals surface area contributed by atoms with Crippen molar-refractivity contribution in [1.29, 1.82) is 0 Å². The SMILES string of the molecule is Cc1cc(NC(=O)C(F)(F)C(F)(F)F)ccc1N. The molecule has 0 aliphatic carbocycles. The molecule has 1 rings (SSSR count). The summed E-state index contributed by atoms with van der Waals surface area (Å²) in [4.78, 5) is 10.9. The van der Waals surface area contributed by atoms with E-state index in [9.17, 15) is 26.7 Å². The molecular formula is C10H9F5N2O. The Morgan fingerprint density at radius 2 is 1.78 bits per heavy atom. The van der Waals surface area contributed by atoms with E-state index in [0.717, 1.165) is 6.07 Å². The van der Waals surface area contributed by atoms with Gasteiger partial charge in [-0.25, -0.2) is 0 Å². The molecule has 0 aliphatic rings. The van der Waals surface area contributed by atoms with Crippen LogP contribution in [0.25, 0.3) is 0 Å². The molecule has 0 unspecified atom stereocenters. The summed E-state index contributed by atoms with van der Waals surface area (Å²) in [6, 6.07) is 3.61. The van der Waals surface area contributed by atoms with Crippen molar-refractivity contribution < 1.29 is 26.7 Å². The summed E-state index contributed by atoms with van der Waals surface area (Å²) in [5.74, 6) is -7.87. The fourth-order valence-corrected chi connectivity index (χ4v) is 1.09. The quantitative estimate of drug-likeness (QED) is 0.640.